The van der Waals surface area contributed by atoms with Crippen LogP contribution in [0.15, 0.2) is 55.1 Å². The number of aromatic nitrogens is 5. The molecule has 3 aromatic heterocycles. The number of fused-ring (bicyclic) bond motifs is 3. The Bertz CT molecular complexity index is 1520. The molecular formula is C25H24N8O4. The van der Waals surface area contributed by atoms with Gasteiger partial charge in [0, 0.05) is 29.6 Å². The maximum absolute atomic E-state index is 12.8. The minimum absolute atomic E-state index is 0.163. The van der Waals surface area contributed by atoms with Crippen LogP contribution >= 0.6 is 0 Å². The number of nitrogens with two attached hydrogens (primary N) is 1. The third-order valence-corrected chi connectivity index (χ3v) is 7.18. The number of hydrogen-bond donors (Lipinski definition) is 3. The number of anilines is 1. The number of piperidine rings is 1. The van der Waals surface area contributed by atoms with Crippen molar-refractivity contribution in [2.24, 2.45) is 5.73 Å². The second kappa shape index (κ2) is 8.52. The van der Waals surface area contributed by atoms with Crippen molar-refractivity contribution in [1.29, 1.82) is 0 Å². The van der Waals surface area contributed by atoms with Crippen LogP contribution in [0.2, 0.25) is 0 Å². The molecule has 3 atom stereocenters. The third-order valence-electron chi connectivity index (χ3n) is 7.18. The van der Waals surface area contributed by atoms with Crippen LogP contribution in [0.4, 0.5) is 10.6 Å². The van der Waals surface area contributed by atoms with Gasteiger partial charge >= 0.3 is 6.09 Å². The highest BCUT2D eigenvalue weighted by atomic mass is 16.5. The zero-order valence-corrected chi connectivity index (χ0v) is 19.9. The van der Waals surface area contributed by atoms with E-state index in [0.717, 1.165) is 6.42 Å². The highest BCUT2D eigenvalue weighted by Gasteiger charge is 2.58. The van der Waals surface area contributed by atoms with Crippen molar-refractivity contribution in [3.8, 4) is 17.0 Å². The number of hydrogen-bond acceptors (Lipinski definition) is 8. The number of rotatable bonds is 5. The first-order chi connectivity index (χ1) is 17.9. The number of amides is 2. The molecule has 4 aromatic rings. The summed E-state index contributed by atoms with van der Waals surface area (Å²) in [7, 11) is 1.51. The average Bonchev–Trinajstić information content (AvgIpc) is 3.57. The Morgan fingerprint density at radius 1 is 1.24 bits per heavy atom. The lowest BCUT2D eigenvalue weighted by atomic mass is 9.96. The number of ether oxygens (including phenoxy) is 1. The molecule has 4 N–H and O–H groups in total. The second-order valence-corrected chi connectivity index (χ2v) is 9.33. The van der Waals surface area contributed by atoms with E-state index in [1.165, 1.54) is 18.3 Å². The first kappa shape index (κ1) is 22.9. The largest absolute Gasteiger partial charge is 0.496 e. The van der Waals surface area contributed by atoms with Crippen LogP contribution in [0.25, 0.3) is 22.3 Å². The number of nitrogens with one attached hydrogen (secondary N) is 1. The van der Waals surface area contributed by atoms with E-state index in [-0.39, 0.29) is 11.9 Å². The fourth-order valence-corrected chi connectivity index (χ4v) is 5.55. The molecule has 12 heteroatoms. The van der Waals surface area contributed by atoms with Gasteiger partial charge in [-0.2, -0.15) is 5.10 Å². The van der Waals surface area contributed by atoms with Crippen molar-refractivity contribution < 1.29 is 19.4 Å². The molecule has 37 heavy (non-hydrogen) atoms. The summed E-state index contributed by atoms with van der Waals surface area (Å²) in [5, 5.41) is 18.2. The summed E-state index contributed by atoms with van der Waals surface area (Å²) in [6.07, 6.45) is 4.85. The van der Waals surface area contributed by atoms with Crippen molar-refractivity contribution in [3.05, 3.63) is 60.7 Å². The van der Waals surface area contributed by atoms with Gasteiger partial charge in [0.2, 0.25) is 0 Å². The number of nitrogens with zero attached hydrogens (tertiary/aromatic N) is 6. The Labute approximate surface area is 211 Å². The van der Waals surface area contributed by atoms with Gasteiger partial charge in [-0.05, 0) is 49.6 Å². The van der Waals surface area contributed by atoms with E-state index in [0.29, 0.717) is 52.3 Å². The first-order valence-electron chi connectivity index (χ1n) is 11.8. The van der Waals surface area contributed by atoms with Gasteiger partial charge < -0.3 is 20.9 Å². The molecule has 0 radical (unpaired) electrons. The molecule has 1 saturated heterocycles. The summed E-state index contributed by atoms with van der Waals surface area (Å²) >= 11 is 0. The molecule has 1 aromatic carbocycles. The first-order valence-corrected chi connectivity index (χ1v) is 11.8. The molecule has 12 nitrogen and oxygen atoms in total. The minimum atomic E-state index is -1.04. The van der Waals surface area contributed by atoms with Crippen LogP contribution in [0.1, 0.15) is 35.8 Å². The number of benzene rings is 1. The van der Waals surface area contributed by atoms with E-state index in [2.05, 4.69) is 20.3 Å². The van der Waals surface area contributed by atoms with Gasteiger partial charge in [-0.3, -0.25) is 9.69 Å². The van der Waals surface area contributed by atoms with Crippen molar-refractivity contribution in [3.63, 3.8) is 0 Å². The number of pyridine rings is 1. The summed E-state index contributed by atoms with van der Waals surface area (Å²) < 4.78 is 7.24. The Hall–Kier alpha value is -4.58. The quantitative estimate of drug-likeness (QED) is 0.374. The maximum Gasteiger partial charge on any atom is 0.409 e. The lowest BCUT2D eigenvalue weighted by molar-refractivity contribution is 0.0619. The van der Waals surface area contributed by atoms with E-state index in [1.807, 2.05) is 0 Å². The zero-order valence-electron chi connectivity index (χ0n) is 19.9. The van der Waals surface area contributed by atoms with Crippen LogP contribution < -0.4 is 15.8 Å². The molecule has 2 amide bonds. The van der Waals surface area contributed by atoms with E-state index < -0.39 is 17.8 Å². The van der Waals surface area contributed by atoms with E-state index in [4.69, 9.17) is 15.6 Å². The molecule has 6 rings (SSSR count). The summed E-state index contributed by atoms with van der Waals surface area (Å²) in [6.45, 7) is 0. The topological polar surface area (TPSA) is 161 Å². The molecule has 3 unspecified atom stereocenters. The van der Waals surface area contributed by atoms with Gasteiger partial charge in [-0.1, -0.05) is 6.07 Å². The monoisotopic (exact) mass is 500 g/mol. The van der Waals surface area contributed by atoms with Gasteiger partial charge in [0.25, 0.3) is 5.91 Å². The van der Waals surface area contributed by atoms with Crippen molar-refractivity contribution in [2.45, 2.75) is 37.0 Å². The Morgan fingerprint density at radius 3 is 2.86 bits per heavy atom. The normalized spacial score (nSPS) is 22.4. The van der Waals surface area contributed by atoms with Crippen LogP contribution in [0.5, 0.6) is 5.75 Å². The fraction of sp³-hybridized carbons (Fsp3) is 0.280. The average molecular weight is 501 g/mol. The van der Waals surface area contributed by atoms with Crippen molar-refractivity contribution >= 4 is 28.9 Å². The van der Waals surface area contributed by atoms with Gasteiger partial charge in [0.05, 0.1) is 18.0 Å². The maximum atomic E-state index is 12.8. The fourth-order valence-electron chi connectivity index (χ4n) is 5.55. The highest BCUT2D eigenvalue weighted by Crippen LogP contribution is 2.50. The standard InChI is InChI=1S/C25H24N8O4/c1-37-18-10-14(22(34)30-19-4-2-3-9-28-19)5-6-16(18)20-17-12-27-13-29-21(17)33(31-20)23-25(26)8-7-15(11-25)32(23)24(35)36/h2-6,9-10,12-13,15,23H,7-8,11,26H2,1H3,(H,35,36)(H,28,30,34). The van der Waals surface area contributed by atoms with Gasteiger partial charge in [-0.15, -0.1) is 0 Å². The Kier molecular flexibility index (Phi) is 5.26. The van der Waals surface area contributed by atoms with Crippen LogP contribution in [-0.4, -0.2) is 65.4 Å². The molecule has 4 heterocycles. The summed E-state index contributed by atoms with van der Waals surface area (Å²) in [4.78, 5) is 39.1. The van der Waals surface area contributed by atoms with Gasteiger partial charge in [0.1, 0.15) is 29.8 Å². The van der Waals surface area contributed by atoms with Gasteiger partial charge in [0.15, 0.2) is 5.65 Å². The second-order valence-electron chi connectivity index (χ2n) is 9.33. The summed E-state index contributed by atoms with van der Waals surface area (Å²) in [5.74, 6) is 0.503. The lowest BCUT2D eigenvalue weighted by Crippen LogP contribution is -2.52. The Balaban J connectivity index is 1.43. The molecule has 1 aliphatic heterocycles. The van der Waals surface area contributed by atoms with Crippen LogP contribution in [0.3, 0.4) is 0 Å². The van der Waals surface area contributed by atoms with Crippen molar-refractivity contribution in [1.82, 2.24) is 29.6 Å². The van der Waals surface area contributed by atoms with Crippen LogP contribution in [0, 0.1) is 0 Å². The van der Waals surface area contributed by atoms with E-state index in [1.54, 1.807) is 53.5 Å². The molecule has 2 bridgehead atoms. The smallest absolute Gasteiger partial charge is 0.409 e. The highest BCUT2D eigenvalue weighted by molar-refractivity contribution is 6.05. The lowest BCUT2D eigenvalue weighted by Gasteiger charge is -2.37. The van der Waals surface area contributed by atoms with Gasteiger partial charge in [-0.25, -0.2) is 24.4 Å². The number of methoxy groups -OCH3 is 1. The van der Waals surface area contributed by atoms with E-state index in [9.17, 15) is 14.7 Å². The number of carboxylic acid groups (broad SMARTS) is 1. The number of carbonyl (C=O) groups excluding carboxylic acids is 1. The SMILES string of the molecule is COc1cc(C(=O)Nc2ccccn2)ccc1-c1nn(C2N(C(=O)O)C3CCC2(N)C3)c2ncncc12. The molecule has 1 aliphatic carbocycles. The Morgan fingerprint density at radius 2 is 2.11 bits per heavy atom. The van der Waals surface area contributed by atoms with E-state index >= 15 is 0 Å². The summed E-state index contributed by atoms with van der Waals surface area (Å²) in [6, 6.07) is 10.1. The molecule has 1 saturated carbocycles. The number of likely N-dealkylation sites (tertiary alicyclic amines) is 1. The third kappa shape index (κ3) is 3.64. The van der Waals surface area contributed by atoms with Crippen molar-refractivity contribution in [2.75, 3.05) is 12.4 Å². The molecular weight excluding hydrogens is 476 g/mol. The molecule has 2 aliphatic rings. The van der Waals surface area contributed by atoms with Crippen LogP contribution in [-0.2, 0) is 0 Å². The molecule has 188 valence electrons. The predicted octanol–water partition coefficient (Wildman–Crippen LogP) is 2.89. The summed E-state index contributed by atoms with van der Waals surface area (Å²) in [5.41, 5.74) is 7.93. The zero-order chi connectivity index (χ0) is 25.7. The predicted molar refractivity (Wildman–Crippen MR) is 133 cm³/mol. The molecule has 0 spiro atoms. The number of carbonyl (C=O) groups is 2. The molecule has 2 fully saturated rings. The minimum Gasteiger partial charge on any atom is -0.496 e.